The zero-order valence-electron chi connectivity index (χ0n) is 10.4. The van der Waals surface area contributed by atoms with Crippen molar-refractivity contribution in [1.82, 2.24) is 0 Å². The summed E-state index contributed by atoms with van der Waals surface area (Å²) in [4.78, 5) is 0. The summed E-state index contributed by atoms with van der Waals surface area (Å²) in [6.45, 7) is 2.46. The molecule has 0 aliphatic carbocycles. The van der Waals surface area contributed by atoms with Gasteiger partial charge in [-0.2, -0.15) is 5.26 Å². The van der Waals surface area contributed by atoms with Crippen molar-refractivity contribution in [1.29, 1.82) is 5.26 Å². The van der Waals surface area contributed by atoms with Gasteiger partial charge in [0.2, 0.25) is 0 Å². The van der Waals surface area contributed by atoms with Crippen LogP contribution in [0.25, 0.3) is 0 Å². The third kappa shape index (κ3) is 3.18. The molecule has 0 radical (unpaired) electrons. The van der Waals surface area contributed by atoms with Gasteiger partial charge in [-0.1, -0.05) is 29.3 Å². The molecular formula is C15H13ClN2O. The SMILES string of the molecule is Cc1ccc(O)c(CNc2ccc(Cl)c(C#N)c2)c1. The molecule has 2 aromatic rings. The molecule has 3 nitrogen and oxygen atoms in total. The first kappa shape index (κ1) is 13.3. The number of nitrogens with zero attached hydrogens (tertiary/aromatic N) is 1. The zero-order chi connectivity index (χ0) is 13.8. The number of hydrogen-bond acceptors (Lipinski definition) is 3. The highest BCUT2D eigenvalue weighted by molar-refractivity contribution is 6.31. The number of aryl methyl sites for hydroxylation is 1. The molecule has 0 saturated carbocycles. The number of phenols is 1. The van der Waals surface area contributed by atoms with Crippen molar-refractivity contribution < 1.29 is 5.11 Å². The number of benzene rings is 2. The lowest BCUT2D eigenvalue weighted by atomic mass is 10.1. The Morgan fingerprint density at radius 3 is 2.79 bits per heavy atom. The number of hydrogen-bond donors (Lipinski definition) is 2. The van der Waals surface area contributed by atoms with E-state index in [2.05, 4.69) is 5.32 Å². The minimum atomic E-state index is 0.257. The molecule has 19 heavy (non-hydrogen) atoms. The number of aromatic hydroxyl groups is 1. The number of anilines is 1. The molecule has 0 aliphatic heterocycles. The predicted molar refractivity (Wildman–Crippen MR) is 76.3 cm³/mol. The van der Waals surface area contributed by atoms with Gasteiger partial charge < -0.3 is 10.4 Å². The molecule has 0 atom stereocenters. The van der Waals surface area contributed by atoms with E-state index >= 15 is 0 Å². The maximum atomic E-state index is 9.74. The lowest BCUT2D eigenvalue weighted by Crippen LogP contribution is -2.00. The highest BCUT2D eigenvalue weighted by atomic mass is 35.5. The fourth-order valence-corrected chi connectivity index (χ4v) is 1.93. The molecule has 0 spiro atoms. The second kappa shape index (κ2) is 5.64. The van der Waals surface area contributed by atoms with E-state index in [4.69, 9.17) is 16.9 Å². The quantitative estimate of drug-likeness (QED) is 0.893. The molecule has 0 saturated heterocycles. The van der Waals surface area contributed by atoms with Gasteiger partial charge in [-0.15, -0.1) is 0 Å². The largest absolute Gasteiger partial charge is 0.508 e. The Hall–Kier alpha value is -2.18. The zero-order valence-corrected chi connectivity index (χ0v) is 11.2. The highest BCUT2D eigenvalue weighted by Gasteiger charge is 2.03. The van der Waals surface area contributed by atoms with Crippen molar-refractivity contribution in [3.63, 3.8) is 0 Å². The van der Waals surface area contributed by atoms with E-state index in [1.54, 1.807) is 24.3 Å². The number of phenolic OH excluding ortho intramolecular Hbond substituents is 1. The van der Waals surface area contributed by atoms with E-state index in [9.17, 15) is 5.11 Å². The predicted octanol–water partition coefficient (Wildman–Crippen LogP) is 3.84. The van der Waals surface area contributed by atoms with Gasteiger partial charge >= 0.3 is 0 Å². The summed E-state index contributed by atoms with van der Waals surface area (Å²) < 4.78 is 0. The summed E-state index contributed by atoms with van der Waals surface area (Å²) in [5.74, 6) is 0.257. The van der Waals surface area contributed by atoms with Gasteiger partial charge in [-0.25, -0.2) is 0 Å². The number of halogens is 1. The van der Waals surface area contributed by atoms with E-state index in [0.29, 0.717) is 17.1 Å². The fourth-order valence-electron chi connectivity index (χ4n) is 1.77. The average Bonchev–Trinajstić information content (AvgIpc) is 2.41. The van der Waals surface area contributed by atoms with Crippen LogP contribution in [0.2, 0.25) is 5.02 Å². The molecule has 2 rings (SSSR count). The molecule has 0 aromatic heterocycles. The van der Waals surface area contributed by atoms with Gasteiger partial charge in [0, 0.05) is 17.8 Å². The molecular weight excluding hydrogens is 260 g/mol. The van der Waals surface area contributed by atoms with Gasteiger partial charge in [0.25, 0.3) is 0 Å². The van der Waals surface area contributed by atoms with Crippen LogP contribution in [0.4, 0.5) is 5.69 Å². The molecule has 0 bridgehead atoms. The summed E-state index contributed by atoms with van der Waals surface area (Å²) >= 11 is 5.87. The van der Waals surface area contributed by atoms with Gasteiger partial charge in [0.1, 0.15) is 11.8 Å². The van der Waals surface area contributed by atoms with E-state index in [0.717, 1.165) is 16.8 Å². The van der Waals surface area contributed by atoms with Crippen LogP contribution in [0.3, 0.4) is 0 Å². The van der Waals surface area contributed by atoms with Gasteiger partial charge in [0.05, 0.1) is 10.6 Å². The standard InChI is InChI=1S/C15H13ClN2O/c1-10-2-5-15(19)12(6-10)9-18-13-3-4-14(16)11(7-13)8-17/h2-7,18-19H,9H2,1H3. The monoisotopic (exact) mass is 272 g/mol. The van der Waals surface area contributed by atoms with Gasteiger partial charge in [0.15, 0.2) is 0 Å². The molecule has 0 amide bonds. The summed E-state index contributed by atoms with van der Waals surface area (Å²) in [7, 11) is 0. The molecule has 0 aliphatic rings. The Morgan fingerprint density at radius 1 is 1.26 bits per heavy atom. The van der Waals surface area contributed by atoms with Crippen molar-refractivity contribution >= 4 is 17.3 Å². The van der Waals surface area contributed by atoms with Crippen LogP contribution in [0.5, 0.6) is 5.75 Å². The highest BCUT2D eigenvalue weighted by Crippen LogP contribution is 2.22. The maximum Gasteiger partial charge on any atom is 0.120 e. The van der Waals surface area contributed by atoms with Crippen LogP contribution in [0, 0.1) is 18.3 Å². The summed E-state index contributed by atoms with van der Waals surface area (Å²) in [5, 5.41) is 22.2. The van der Waals surface area contributed by atoms with Gasteiger partial charge in [-0.3, -0.25) is 0 Å². The van der Waals surface area contributed by atoms with Crippen molar-refractivity contribution in [3.05, 3.63) is 58.1 Å². The minimum Gasteiger partial charge on any atom is -0.508 e. The summed E-state index contributed by atoms with van der Waals surface area (Å²) in [6.07, 6.45) is 0. The van der Waals surface area contributed by atoms with Gasteiger partial charge in [-0.05, 0) is 31.2 Å². The van der Waals surface area contributed by atoms with Crippen molar-refractivity contribution in [2.45, 2.75) is 13.5 Å². The molecule has 0 unspecified atom stereocenters. The smallest absolute Gasteiger partial charge is 0.120 e. The van der Waals surface area contributed by atoms with E-state index in [-0.39, 0.29) is 5.75 Å². The Bertz CT molecular complexity index is 647. The first-order valence-corrected chi connectivity index (χ1v) is 6.20. The number of nitrogens with one attached hydrogen (secondary N) is 1. The van der Waals surface area contributed by atoms with E-state index in [1.807, 2.05) is 25.1 Å². The first-order valence-electron chi connectivity index (χ1n) is 5.82. The number of nitriles is 1. The third-order valence-corrected chi connectivity index (χ3v) is 3.13. The first-order chi connectivity index (χ1) is 9.10. The Morgan fingerprint density at radius 2 is 2.05 bits per heavy atom. The second-order valence-electron chi connectivity index (χ2n) is 4.29. The molecule has 0 fully saturated rings. The molecule has 2 aromatic carbocycles. The van der Waals surface area contributed by atoms with Crippen LogP contribution in [0.15, 0.2) is 36.4 Å². The van der Waals surface area contributed by atoms with Crippen LogP contribution in [0.1, 0.15) is 16.7 Å². The van der Waals surface area contributed by atoms with Crippen LogP contribution >= 0.6 is 11.6 Å². The summed E-state index contributed by atoms with van der Waals surface area (Å²) in [5.41, 5.74) is 3.12. The fraction of sp³-hybridized carbons (Fsp3) is 0.133. The van der Waals surface area contributed by atoms with E-state index in [1.165, 1.54) is 0 Å². The lowest BCUT2D eigenvalue weighted by molar-refractivity contribution is 0.469. The van der Waals surface area contributed by atoms with E-state index < -0.39 is 0 Å². The topological polar surface area (TPSA) is 56.0 Å². The molecule has 4 heteroatoms. The van der Waals surface area contributed by atoms with Crippen LogP contribution in [-0.2, 0) is 6.54 Å². The number of rotatable bonds is 3. The lowest BCUT2D eigenvalue weighted by Gasteiger charge is -2.09. The maximum absolute atomic E-state index is 9.74. The second-order valence-corrected chi connectivity index (χ2v) is 4.70. The Kier molecular flexibility index (Phi) is 3.94. The summed E-state index contributed by atoms with van der Waals surface area (Å²) in [6, 6.07) is 12.7. The minimum absolute atomic E-state index is 0.257. The normalized spacial score (nSPS) is 9.95. The van der Waals surface area contributed by atoms with Crippen molar-refractivity contribution in [2.24, 2.45) is 0 Å². The Balaban J connectivity index is 2.15. The van der Waals surface area contributed by atoms with Crippen LogP contribution < -0.4 is 5.32 Å². The molecule has 0 heterocycles. The van der Waals surface area contributed by atoms with Crippen molar-refractivity contribution in [2.75, 3.05) is 5.32 Å². The average molecular weight is 273 g/mol. The molecule has 2 N–H and O–H groups in total. The van der Waals surface area contributed by atoms with Crippen LogP contribution in [-0.4, -0.2) is 5.11 Å². The third-order valence-electron chi connectivity index (χ3n) is 2.80. The van der Waals surface area contributed by atoms with Crippen molar-refractivity contribution in [3.8, 4) is 11.8 Å². The Labute approximate surface area is 117 Å². The molecule has 96 valence electrons.